The minimum Gasteiger partial charge on any atom is -0.457 e. The molecule has 1 N–H and O–H groups in total. The van der Waals surface area contributed by atoms with Gasteiger partial charge < -0.3 is 9.72 Å². The molecule has 1 aromatic heterocycles. The van der Waals surface area contributed by atoms with Crippen LogP contribution in [0, 0.1) is 5.41 Å². The van der Waals surface area contributed by atoms with Crippen LogP contribution in [0.3, 0.4) is 0 Å². The molecule has 0 aliphatic carbocycles. The number of aromatic nitrogens is 1. The van der Waals surface area contributed by atoms with Gasteiger partial charge in [-0.2, -0.15) is 0 Å². The number of H-pyrrole nitrogens is 1. The molecular weight excluding hydrogens is 306 g/mol. The standard InChI is InChI=1S/C15H18BrNO2/c1-9(18)19-14(15(2,3)4)12-8-17-13-6-5-10(16)7-11(12)13/h5-8,14,17H,1-4H3. The molecular formula is C15H18BrNO2. The van der Waals surface area contributed by atoms with E-state index in [4.69, 9.17) is 4.74 Å². The number of esters is 1. The summed E-state index contributed by atoms with van der Waals surface area (Å²) in [5.41, 5.74) is 1.89. The van der Waals surface area contributed by atoms with Crippen LogP contribution < -0.4 is 0 Å². The lowest BCUT2D eigenvalue weighted by Crippen LogP contribution is -2.23. The molecule has 0 bridgehead atoms. The van der Waals surface area contributed by atoms with Gasteiger partial charge in [0, 0.05) is 39.5 Å². The monoisotopic (exact) mass is 323 g/mol. The first-order valence-corrected chi connectivity index (χ1v) is 7.02. The number of benzene rings is 1. The van der Waals surface area contributed by atoms with Crippen molar-refractivity contribution in [2.75, 3.05) is 0 Å². The topological polar surface area (TPSA) is 42.1 Å². The van der Waals surface area contributed by atoms with Gasteiger partial charge in [-0.3, -0.25) is 4.79 Å². The van der Waals surface area contributed by atoms with E-state index in [9.17, 15) is 4.79 Å². The smallest absolute Gasteiger partial charge is 0.303 e. The highest BCUT2D eigenvalue weighted by Gasteiger charge is 2.31. The Morgan fingerprint density at radius 2 is 2.05 bits per heavy atom. The lowest BCUT2D eigenvalue weighted by Gasteiger charge is -2.29. The molecule has 0 fully saturated rings. The molecule has 0 saturated carbocycles. The Kier molecular flexibility index (Phi) is 3.72. The van der Waals surface area contributed by atoms with Crippen LogP contribution >= 0.6 is 15.9 Å². The third-order valence-electron chi connectivity index (χ3n) is 3.03. The second kappa shape index (κ2) is 5.00. The number of nitrogens with one attached hydrogen (secondary N) is 1. The Morgan fingerprint density at radius 3 is 2.63 bits per heavy atom. The van der Waals surface area contributed by atoms with E-state index in [1.807, 2.05) is 24.4 Å². The quantitative estimate of drug-likeness (QED) is 0.822. The predicted molar refractivity (Wildman–Crippen MR) is 80.0 cm³/mol. The summed E-state index contributed by atoms with van der Waals surface area (Å²) in [6.07, 6.45) is 1.66. The third kappa shape index (κ3) is 3.00. The number of halogens is 1. The fourth-order valence-electron chi connectivity index (χ4n) is 2.20. The van der Waals surface area contributed by atoms with Crippen LogP contribution in [-0.4, -0.2) is 11.0 Å². The largest absolute Gasteiger partial charge is 0.457 e. The van der Waals surface area contributed by atoms with Gasteiger partial charge in [0.1, 0.15) is 6.10 Å². The van der Waals surface area contributed by atoms with Gasteiger partial charge in [0.05, 0.1) is 0 Å². The maximum Gasteiger partial charge on any atom is 0.303 e. The lowest BCUT2D eigenvalue weighted by atomic mass is 9.84. The van der Waals surface area contributed by atoms with Gasteiger partial charge in [0.15, 0.2) is 0 Å². The van der Waals surface area contributed by atoms with Gasteiger partial charge >= 0.3 is 5.97 Å². The zero-order valence-electron chi connectivity index (χ0n) is 11.6. The third-order valence-corrected chi connectivity index (χ3v) is 3.52. The molecule has 0 saturated heterocycles. The van der Waals surface area contributed by atoms with E-state index in [0.29, 0.717) is 0 Å². The molecule has 0 amide bonds. The number of ether oxygens (including phenoxy) is 1. The van der Waals surface area contributed by atoms with E-state index in [1.54, 1.807) is 0 Å². The first-order valence-electron chi connectivity index (χ1n) is 6.23. The van der Waals surface area contributed by atoms with Gasteiger partial charge in [-0.25, -0.2) is 0 Å². The number of fused-ring (bicyclic) bond motifs is 1. The number of carbonyl (C=O) groups excluding carboxylic acids is 1. The number of carbonyl (C=O) groups is 1. The van der Waals surface area contributed by atoms with Gasteiger partial charge in [0.25, 0.3) is 0 Å². The van der Waals surface area contributed by atoms with Crippen molar-refractivity contribution in [3.63, 3.8) is 0 Å². The van der Waals surface area contributed by atoms with Crippen molar-refractivity contribution < 1.29 is 9.53 Å². The molecule has 1 heterocycles. The second-order valence-corrected chi connectivity index (χ2v) is 6.71. The molecule has 102 valence electrons. The zero-order valence-corrected chi connectivity index (χ0v) is 13.2. The lowest BCUT2D eigenvalue weighted by molar-refractivity contribution is -0.152. The van der Waals surface area contributed by atoms with E-state index < -0.39 is 0 Å². The van der Waals surface area contributed by atoms with Crippen LogP contribution in [-0.2, 0) is 9.53 Å². The molecule has 0 aliphatic rings. The Labute approximate surface area is 121 Å². The van der Waals surface area contributed by atoms with Crippen molar-refractivity contribution in [3.05, 3.63) is 34.4 Å². The van der Waals surface area contributed by atoms with Gasteiger partial charge in [-0.05, 0) is 18.2 Å². The van der Waals surface area contributed by atoms with Crippen molar-refractivity contribution in [1.29, 1.82) is 0 Å². The molecule has 0 aliphatic heterocycles. The zero-order chi connectivity index (χ0) is 14.2. The molecule has 3 nitrogen and oxygen atoms in total. The van der Waals surface area contributed by atoms with Crippen LogP contribution in [0.1, 0.15) is 39.4 Å². The fourth-order valence-corrected chi connectivity index (χ4v) is 2.57. The Balaban J connectivity index is 2.55. The molecule has 2 aromatic rings. The molecule has 1 aromatic carbocycles. The number of hydrogen-bond donors (Lipinski definition) is 1. The van der Waals surface area contributed by atoms with Gasteiger partial charge in [-0.15, -0.1) is 0 Å². The summed E-state index contributed by atoms with van der Waals surface area (Å²) in [5.74, 6) is -0.260. The minimum absolute atomic E-state index is 0.164. The average molecular weight is 324 g/mol. The van der Waals surface area contributed by atoms with E-state index in [1.165, 1.54) is 6.92 Å². The van der Waals surface area contributed by atoms with Crippen LogP contribution in [0.5, 0.6) is 0 Å². The van der Waals surface area contributed by atoms with Gasteiger partial charge in [0.2, 0.25) is 0 Å². The van der Waals surface area contributed by atoms with Crippen molar-refractivity contribution in [1.82, 2.24) is 4.98 Å². The summed E-state index contributed by atoms with van der Waals surface area (Å²) < 4.78 is 6.54. The first-order chi connectivity index (χ1) is 8.79. The summed E-state index contributed by atoms with van der Waals surface area (Å²) in [7, 11) is 0. The van der Waals surface area contributed by atoms with E-state index in [2.05, 4.69) is 41.7 Å². The summed E-state index contributed by atoms with van der Waals surface area (Å²) in [6, 6.07) is 6.04. The van der Waals surface area contributed by atoms with Crippen molar-refractivity contribution in [2.45, 2.75) is 33.8 Å². The van der Waals surface area contributed by atoms with Crippen LogP contribution in [0.15, 0.2) is 28.9 Å². The Hall–Kier alpha value is -1.29. The summed E-state index contributed by atoms with van der Waals surface area (Å²) in [4.78, 5) is 14.6. The normalized spacial score (nSPS) is 13.5. The van der Waals surface area contributed by atoms with E-state index in [0.717, 1.165) is 20.9 Å². The number of hydrogen-bond acceptors (Lipinski definition) is 2. The highest BCUT2D eigenvalue weighted by Crippen LogP contribution is 2.39. The van der Waals surface area contributed by atoms with Gasteiger partial charge in [-0.1, -0.05) is 36.7 Å². The maximum atomic E-state index is 11.4. The summed E-state index contributed by atoms with van der Waals surface area (Å²) in [6.45, 7) is 7.65. The SMILES string of the molecule is CC(=O)OC(c1c[nH]c2ccc(Br)cc12)C(C)(C)C. The average Bonchev–Trinajstić information content (AvgIpc) is 2.66. The van der Waals surface area contributed by atoms with E-state index >= 15 is 0 Å². The molecule has 2 rings (SSSR count). The minimum atomic E-state index is -0.270. The molecule has 1 unspecified atom stereocenters. The van der Waals surface area contributed by atoms with E-state index in [-0.39, 0.29) is 17.5 Å². The molecule has 1 atom stereocenters. The molecule has 0 radical (unpaired) electrons. The van der Waals surface area contributed by atoms with Crippen molar-refractivity contribution in [2.24, 2.45) is 5.41 Å². The first kappa shape index (κ1) is 14.1. The summed E-state index contributed by atoms with van der Waals surface area (Å²) in [5, 5.41) is 1.08. The Bertz CT molecular complexity index is 610. The summed E-state index contributed by atoms with van der Waals surface area (Å²) >= 11 is 3.48. The van der Waals surface area contributed by atoms with Crippen LogP contribution in [0.4, 0.5) is 0 Å². The highest BCUT2D eigenvalue weighted by molar-refractivity contribution is 9.10. The maximum absolute atomic E-state index is 11.4. The molecule has 4 heteroatoms. The number of aromatic amines is 1. The number of rotatable bonds is 2. The van der Waals surface area contributed by atoms with Crippen LogP contribution in [0.25, 0.3) is 10.9 Å². The van der Waals surface area contributed by atoms with Crippen molar-refractivity contribution in [3.8, 4) is 0 Å². The molecule has 19 heavy (non-hydrogen) atoms. The highest BCUT2D eigenvalue weighted by atomic mass is 79.9. The van der Waals surface area contributed by atoms with Crippen LogP contribution in [0.2, 0.25) is 0 Å². The van der Waals surface area contributed by atoms with Crippen molar-refractivity contribution >= 4 is 32.8 Å². The second-order valence-electron chi connectivity index (χ2n) is 5.79. The molecule has 0 spiro atoms. The fraction of sp³-hybridized carbons (Fsp3) is 0.400. The predicted octanol–water partition coefficient (Wildman–Crippen LogP) is 4.58. The Morgan fingerprint density at radius 1 is 1.37 bits per heavy atom.